The molecule has 0 radical (unpaired) electrons. The average Bonchev–Trinajstić information content (AvgIpc) is 3.69. The molecule has 0 spiro atoms. The van der Waals surface area contributed by atoms with Crippen molar-refractivity contribution in [1.82, 2.24) is 4.90 Å². The molecule has 0 aromatic heterocycles. The van der Waals surface area contributed by atoms with Crippen molar-refractivity contribution in [3.05, 3.63) is 58.7 Å². The zero-order valence-corrected chi connectivity index (χ0v) is 21.4. The van der Waals surface area contributed by atoms with Crippen LogP contribution < -0.4 is 9.47 Å². The van der Waals surface area contributed by atoms with E-state index in [1.807, 2.05) is 25.1 Å². The number of carbonyl (C=O) groups excluding carboxylic acids is 1. The first-order chi connectivity index (χ1) is 18.3. The number of halogens is 6. The van der Waals surface area contributed by atoms with Gasteiger partial charge in [0.25, 0.3) is 0 Å². The van der Waals surface area contributed by atoms with Gasteiger partial charge in [-0.15, -0.1) is 0 Å². The predicted octanol–water partition coefficient (Wildman–Crippen LogP) is 6.30. The van der Waals surface area contributed by atoms with Gasteiger partial charge in [-0.25, -0.2) is 0 Å². The van der Waals surface area contributed by atoms with E-state index in [-0.39, 0.29) is 43.0 Å². The fourth-order valence-corrected chi connectivity index (χ4v) is 5.69. The molecule has 2 aliphatic heterocycles. The number of rotatable bonds is 7. The Bertz CT molecular complexity index is 1220. The Morgan fingerprint density at radius 3 is 2.36 bits per heavy atom. The molecule has 1 saturated carbocycles. The van der Waals surface area contributed by atoms with Gasteiger partial charge in [0.1, 0.15) is 12.7 Å². The van der Waals surface area contributed by atoms with Gasteiger partial charge in [-0.05, 0) is 66.1 Å². The van der Waals surface area contributed by atoms with Gasteiger partial charge in [0, 0.05) is 25.6 Å². The van der Waals surface area contributed by atoms with Gasteiger partial charge in [0.15, 0.2) is 11.5 Å². The molecule has 2 aromatic rings. The summed E-state index contributed by atoms with van der Waals surface area (Å²) >= 11 is 0. The molecule has 0 amide bonds. The number of hydrogen-bond donors (Lipinski definition) is 0. The Hall–Kier alpha value is -2.95. The highest BCUT2D eigenvalue weighted by molar-refractivity contribution is 5.73. The smallest absolute Gasteiger partial charge is 0.416 e. The van der Waals surface area contributed by atoms with E-state index in [1.165, 1.54) is 7.11 Å². The van der Waals surface area contributed by atoms with Crippen LogP contribution in [0.25, 0.3) is 0 Å². The van der Waals surface area contributed by atoms with Crippen LogP contribution in [0.15, 0.2) is 36.4 Å². The highest BCUT2D eigenvalue weighted by atomic mass is 19.4. The standard InChI is InChI=1S/C28H29F6NO4/c1-15(26(36)37-2)25(16-3-4-16)17-5-8-22-23(10-17)39-24(14-38-22)19-12-35(13-19)11-18-9-20(27(29,30)31)6-7-21(18)28(32,33)34/h5-10,15-16,19,24-25H,3-4,11-14H2,1-2H3/t15-,24-,25-/m0/s1. The first-order valence-corrected chi connectivity index (χ1v) is 12.9. The summed E-state index contributed by atoms with van der Waals surface area (Å²) in [4.78, 5) is 13.9. The molecule has 2 fully saturated rings. The molecular formula is C28H29F6NO4. The number of carbonyl (C=O) groups is 1. The quantitative estimate of drug-likeness (QED) is 0.296. The molecule has 39 heavy (non-hydrogen) atoms. The number of likely N-dealkylation sites (tertiary alicyclic amines) is 1. The number of hydrogen-bond acceptors (Lipinski definition) is 5. The van der Waals surface area contributed by atoms with Crippen molar-refractivity contribution in [2.24, 2.45) is 17.8 Å². The fraction of sp³-hybridized carbons (Fsp3) is 0.536. The fourth-order valence-electron chi connectivity index (χ4n) is 5.69. The van der Waals surface area contributed by atoms with Crippen molar-refractivity contribution >= 4 is 5.97 Å². The average molecular weight is 558 g/mol. The van der Waals surface area contributed by atoms with Crippen molar-refractivity contribution in [2.45, 2.75) is 50.7 Å². The molecule has 3 atom stereocenters. The molecule has 3 aliphatic rings. The van der Waals surface area contributed by atoms with Crippen LogP contribution in [0.3, 0.4) is 0 Å². The Morgan fingerprint density at radius 1 is 1.03 bits per heavy atom. The van der Waals surface area contributed by atoms with Gasteiger partial charge in [0.05, 0.1) is 24.2 Å². The highest BCUT2D eigenvalue weighted by Gasteiger charge is 2.42. The lowest BCUT2D eigenvalue weighted by Crippen LogP contribution is -2.55. The summed E-state index contributed by atoms with van der Waals surface area (Å²) in [5.74, 6) is 0.834. The molecule has 1 aliphatic carbocycles. The maximum Gasteiger partial charge on any atom is 0.416 e. The van der Waals surface area contributed by atoms with Gasteiger partial charge in [0.2, 0.25) is 0 Å². The number of fused-ring (bicyclic) bond motifs is 1. The summed E-state index contributed by atoms with van der Waals surface area (Å²) in [6.45, 7) is 2.58. The number of ether oxygens (including phenoxy) is 3. The number of methoxy groups -OCH3 is 1. The van der Waals surface area contributed by atoms with Crippen molar-refractivity contribution < 1.29 is 45.3 Å². The number of esters is 1. The third-order valence-electron chi connectivity index (χ3n) is 7.92. The SMILES string of the molecule is COC(=O)[C@@H](C)[C@H](c1ccc2c(c1)O[C@H](C1CN(Cc3cc(C(F)(F)F)ccc3C(F)(F)F)C1)CO2)C1CC1. The molecule has 0 unspecified atom stereocenters. The Morgan fingerprint density at radius 2 is 1.74 bits per heavy atom. The van der Waals surface area contributed by atoms with E-state index in [0.717, 1.165) is 18.4 Å². The second kappa shape index (κ2) is 10.2. The van der Waals surface area contributed by atoms with Gasteiger partial charge in [-0.1, -0.05) is 13.0 Å². The zero-order valence-electron chi connectivity index (χ0n) is 21.4. The van der Waals surface area contributed by atoms with Crippen molar-refractivity contribution in [2.75, 3.05) is 26.8 Å². The van der Waals surface area contributed by atoms with Crippen LogP contribution in [0.4, 0.5) is 26.3 Å². The Kier molecular flexibility index (Phi) is 7.24. The molecule has 5 nitrogen and oxygen atoms in total. The maximum absolute atomic E-state index is 13.5. The largest absolute Gasteiger partial charge is 0.486 e. The van der Waals surface area contributed by atoms with E-state index in [4.69, 9.17) is 14.2 Å². The van der Waals surface area contributed by atoms with Gasteiger partial charge in [-0.2, -0.15) is 26.3 Å². The first-order valence-electron chi connectivity index (χ1n) is 12.9. The topological polar surface area (TPSA) is 48.0 Å². The molecule has 2 aromatic carbocycles. The lowest BCUT2D eigenvalue weighted by Gasteiger charge is -2.44. The van der Waals surface area contributed by atoms with E-state index >= 15 is 0 Å². The van der Waals surface area contributed by atoms with E-state index in [9.17, 15) is 31.1 Å². The minimum Gasteiger partial charge on any atom is -0.486 e. The predicted molar refractivity (Wildman–Crippen MR) is 128 cm³/mol. The van der Waals surface area contributed by atoms with Crippen LogP contribution in [-0.4, -0.2) is 43.8 Å². The normalized spacial score (nSPS) is 21.7. The number of benzene rings is 2. The van der Waals surface area contributed by atoms with Crippen LogP contribution in [0, 0.1) is 17.8 Å². The molecule has 0 N–H and O–H groups in total. The summed E-state index contributed by atoms with van der Waals surface area (Å²) in [7, 11) is 1.37. The van der Waals surface area contributed by atoms with Crippen LogP contribution in [-0.2, 0) is 28.4 Å². The number of alkyl halides is 6. The molecule has 5 rings (SSSR count). The van der Waals surface area contributed by atoms with Gasteiger partial charge in [-0.3, -0.25) is 9.69 Å². The number of nitrogens with zero attached hydrogens (tertiary/aromatic N) is 1. The summed E-state index contributed by atoms with van der Waals surface area (Å²) in [5.41, 5.74) is -1.62. The molecule has 2 heterocycles. The molecular weight excluding hydrogens is 528 g/mol. The Balaban J connectivity index is 1.26. The molecule has 0 bridgehead atoms. The lowest BCUT2D eigenvalue weighted by atomic mass is 9.83. The highest BCUT2D eigenvalue weighted by Crippen LogP contribution is 2.49. The second-order valence-corrected chi connectivity index (χ2v) is 10.7. The van der Waals surface area contributed by atoms with E-state index in [2.05, 4.69) is 0 Å². The molecule has 1 saturated heterocycles. The van der Waals surface area contributed by atoms with Crippen molar-refractivity contribution in [1.29, 1.82) is 0 Å². The minimum atomic E-state index is -4.75. The summed E-state index contributed by atoms with van der Waals surface area (Å²) in [5, 5.41) is 0. The minimum absolute atomic E-state index is 0.0128. The van der Waals surface area contributed by atoms with Crippen molar-refractivity contribution in [3.8, 4) is 11.5 Å². The molecule has 212 valence electrons. The van der Waals surface area contributed by atoms with Crippen LogP contribution in [0.1, 0.15) is 47.9 Å². The third-order valence-corrected chi connectivity index (χ3v) is 7.92. The summed E-state index contributed by atoms with van der Waals surface area (Å²) < 4.78 is 96.9. The van der Waals surface area contributed by atoms with E-state index < -0.39 is 29.0 Å². The molecule has 11 heteroatoms. The maximum atomic E-state index is 13.5. The van der Waals surface area contributed by atoms with E-state index in [0.29, 0.717) is 48.7 Å². The van der Waals surface area contributed by atoms with Crippen LogP contribution in [0.5, 0.6) is 11.5 Å². The van der Waals surface area contributed by atoms with Crippen molar-refractivity contribution in [3.63, 3.8) is 0 Å². The monoisotopic (exact) mass is 557 g/mol. The summed E-state index contributed by atoms with van der Waals surface area (Å²) in [6.07, 6.45) is -7.78. The zero-order chi connectivity index (χ0) is 28.1. The van der Waals surface area contributed by atoms with Gasteiger partial charge >= 0.3 is 18.3 Å². The van der Waals surface area contributed by atoms with Crippen LogP contribution in [0.2, 0.25) is 0 Å². The lowest BCUT2D eigenvalue weighted by molar-refractivity contribution is -0.146. The first kappa shape index (κ1) is 27.6. The second-order valence-electron chi connectivity index (χ2n) is 10.7. The van der Waals surface area contributed by atoms with Gasteiger partial charge < -0.3 is 14.2 Å². The van der Waals surface area contributed by atoms with E-state index in [1.54, 1.807) is 4.90 Å². The van der Waals surface area contributed by atoms with Crippen LogP contribution >= 0.6 is 0 Å². The third kappa shape index (κ3) is 5.83. The summed E-state index contributed by atoms with van der Waals surface area (Å²) in [6, 6.07) is 7.18. The Labute approximate surface area is 222 Å².